The van der Waals surface area contributed by atoms with E-state index in [-0.39, 0.29) is 22.5 Å². The summed E-state index contributed by atoms with van der Waals surface area (Å²) in [4.78, 5) is 25.6. The summed E-state index contributed by atoms with van der Waals surface area (Å²) in [6.07, 6.45) is 0. The first kappa shape index (κ1) is 15.6. The van der Waals surface area contributed by atoms with E-state index in [9.17, 15) is 0 Å². The maximum Gasteiger partial charge on any atom is 3.00 e. The van der Waals surface area contributed by atoms with Gasteiger partial charge >= 0.3 is 17.1 Å². The summed E-state index contributed by atoms with van der Waals surface area (Å²) in [5.74, 6) is 0. The normalized spacial score (nSPS) is 8.43. The van der Waals surface area contributed by atoms with E-state index in [0.717, 1.165) is 0 Å². The second-order valence-electron chi connectivity index (χ2n) is 0.447. The van der Waals surface area contributed by atoms with Crippen LogP contribution >= 0.6 is 7.82 Å². The van der Waals surface area contributed by atoms with E-state index in [1.54, 1.807) is 0 Å². The van der Waals surface area contributed by atoms with Gasteiger partial charge in [0, 0.05) is 0 Å². The molecular weight excluding hydrogens is 166 g/mol. The summed E-state index contributed by atoms with van der Waals surface area (Å²) >= 11 is 0. The molecule has 3 N–H and O–H groups in total. The molecule has 0 aromatic heterocycles. The molecule has 0 rings (SSSR count). The van der Waals surface area contributed by atoms with Crippen molar-refractivity contribution in [1.29, 1.82) is 0 Å². The van der Waals surface area contributed by atoms with E-state index in [0.29, 0.717) is 0 Å². The van der Waals surface area contributed by atoms with E-state index >= 15 is 0 Å². The smallest absolute Gasteiger partial charge is 0.822 e. The van der Waals surface area contributed by atoms with Gasteiger partial charge in [-0.1, -0.05) is 0 Å². The van der Waals surface area contributed by atoms with Crippen LogP contribution in [0.25, 0.3) is 0 Å². The largest absolute Gasteiger partial charge is 3.00 e. The van der Waals surface area contributed by atoms with E-state index < -0.39 is 7.82 Å². The van der Waals surface area contributed by atoms with Crippen LogP contribution in [0.5, 0.6) is 0 Å². The molecule has 0 aliphatic rings. The topological polar surface area (TPSA) is 119 Å². The van der Waals surface area contributed by atoms with Gasteiger partial charge in [0.15, 0.2) is 0 Å². The molecular formula is H3MnO5P+. The Bertz CT molecular complexity index is 54.2. The average Bonchev–Trinajstić information content (AvgIpc) is 0.722. The maximum atomic E-state index is 8.55. The van der Waals surface area contributed by atoms with Crippen LogP contribution in [0, 0.1) is 0 Å². The van der Waals surface area contributed by atoms with Gasteiger partial charge in [-0.25, -0.2) is 0 Å². The van der Waals surface area contributed by atoms with Gasteiger partial charge in [-0.2, -0.15) is 7.82 Å². The molecule has 44 valence electrons. The fraction of sp³-hybridized carbons (Fsp3) is 0. The standard InChI is InChI=1S/Mn.H3O4P.H2O/c;1-5(2,3)4;/h;(H3,1,2,3,4);1H2/q+3;;/p-2. The van der Waals surface area contributed by atoms with Crippen molar-refractivity contribution < 1.29 is 41.8 Å². The van der Waals surface area contributed by atoms with Crippen LogP contribution in [0.15, 0.2) is 0 Å². The van der Waals surface area contributed by atoms with Gasteiger partial charge in [-0.15, -0.1) is 0 Å². The molecule has 0 aromatic carbocycles. The molecule has 0 amide bonds. The third kappa shape index (κ3) is 399. The van der Waals surface area contributed by atoms with Crippen molar-refractivity contribution in [2.75, 3.05) is 0 Å². The van der Waals surface area contributed by atoms with E-state index in [1.807, 2.05) is 0 Å². The molecule has 0 aliphatic carbocycles. The Labute approximate surface area is 50.4 Å². The molecule has 0 atom stereocenters. The van der Waals surface area contributed by atoms with Gasteiger partial charge in [0.2, 0.25) is 0 Å². The van der Waals surface area contributed by atoms with Gasteiger partial charge in [0.1, 0.15) is 0 Å². The molecule has 0 aromatic rings. The summed E-state index contributed by atoms with van der Waals surface area (Å²) in [6, 6.07) is 0. The first-order chi connectivity index (χ1) is 2.00. The zero-order chi connectivity index (χ0) is 4.50. The van der Waals surface area contributed by atoms with Crippen LogP contribution in [-0.2, 0) is 27.1 Å². The Morgan fingerprint density at radius 1 is 1.14 bits per heavy atom. The summed E-state index contributed by atoms with van der Waals surface area (Å²) < 4.78 is 8.55. The zero-order valence-corrected chi connectivity index (χ0v) is 5.11. The van der Waals surface area contributed by atoms with E-state index in [1.165, 1.54) is 0 Å². The van der Waals surface area contributed by atoms with Gasteiger partial charge in [0.25, 0.3) is 0 Å². The van der Waals surface area contributed by atoms with Crippen molar-refractivity contribution in [1.82, 2.24) is 0 Å². The van der Waals surface area contributed by atoms with Crippen LogP contribution in [-0.4, -0.2) is 0 Å². The van der Waals surface area contributed by atoms with Crippen molar-refractivity contribution in [2.24, 2.45) is 0 Å². The minimum absolute atomic E-state index is 0. The molecule has 5 nitrogen and oxygen atoms in total. The molecule has 0 heterocycles. The molecule has 0 fully saturated rings. The number of phosphoric acid groups is 1. The molecule has 0 saturated carbocycles. The second-order valence-corrected chi connectivity index (χ2v) is 1.34. The Morgan fingerprint density at radius 2 is 1.14 bits per heavy atom. The zero-order valence-electron chi connectivity index (χ0n) is 3.04. The van der Waals surface area contributed by atoms with Gasteiger partial charge < -0.3 is 24.7 Å². The third-order valence-electron chi connectivity index (χ3n) is 0. The monoisotopic (exact) mass is 169 g/mol. The van der Waals surface area contributed by atoms with Crippen LogP contribution in [0.4, 0.5) is 0 Å². The molecule has 0 aliphatic heterocycles. The third-order valence-corrected chi connectivity index (χ3v) is 0. The molecule has 7 heavy (non-hydrogen) atoms. The Balaban J connectivity index is -0.0000000800. The Hall–Kier alpha value is 0.589. The quantitative estimate of drug-likeness (QED) is 0.210. The fourth-order valence-electron chi connectivity index (χ4n) is 0. The predicted octanol–water partition coefficient (Wildman–Crippen LogP) is -3.75. The van der Waals surface area contributed by atoms with Crippen molar-refractivity contribution in [2.45, 2.75) is 0 Å². The fourth-order valence-corrected chi connectivity index (χ4v) is 0. The van der Waals surface area contributed by atoms with Crippen LogP contribution < -0.4 is 14.7 Å². The van der Waals surface area contributed by atoms with E-state index in [2.05, 4.69) is 0 Å². The van der Waals surface area contributed by atoms with Gasteiger partial charge in [-0.05, 0) is 0 Å². The minimum Gasteiger partial charge on any atom is -0.822 e. The minimum atomic E-state index is -5.39. The summed E-state index contributed by atoms with van der Waals surface area (Å²) in [7, 11) is -5.39. The first-order valence-electron chi connectivity index (χ1n) is 0.730. The Kier molecular flexibility index (Phi) is 10.6. The molecule has 0 bridgehead atoms. The van der Waals surface area contributed by atoms with Crippen molar-refractivity contribution in [3.63, 3.8) is 0 Å². The average molecular weight is 169 g/mol. The van der Waals surface area contributed by atoms with Crippen LogP contribution in [0.3, 0.4) is 0 Å². The Morgan fingerprint density at radius 3 is 1.14 bits per heavy atom. The first-order valence-corrected chi connectivity index (χ1v) is 2.19. The molecule has 0 unspecified atom stereocenters. The number of hydrogen-bond donors (Lipinski definition) is 0. The van der Waals surface area contributed by atoms with Crippen molar-refractivity contribution in [3.8, 4) is 0 Å². The molecule has 0 saturated heterocycles. The van der Waals surface area contributed by atoms with Crippen LogP contribution in [0.2, 0.25) is 0 Å². The summed E-state index contributed by atoms with van der Waals surface area (Å²) in [6.45, 7) is 0. The number of rotatable bonds is 0. The van der Waals surface area contributed by atoms with Crippen molar-refractivity contribution in [3.05, 3.63) is 0 Å². The maximum absolute atomic E-state index is 8.55. The summed E-state index contributed by atoms with van der Waals surface area (Å²) in [5, 5.41) is 0. The van der Waals surface area contributed by atoms with Crippen molar-refractivity contribution >= 4 is 7.82 Å². The molecule has 0 radical (unpaired) electrons. The molecule has 7 heteroatoms. The molecule has 0 spiro atoms. The summed E-state index contributed by atoms with van der Waals surface area (Å²) in [5.41, 5.74) is 0. The van der Waals surface area contributed by atoms with E-state index in [4.69, 9.17) is 19.2 Å². The second kappa shape index (κ2) is 4.74. The number of hydrogen-bond acceptors (Lipinski definition) is 4. The van der Waals surface area contributed by atoms with Gasteiger partial charge in [-0.3, -0.25) is 0 Å². The SMILES string of the molecule is O=P([O-])([O-])[O-].[Mn+3].[OH3+]. The predicted molar refractivity (Wildman–Crippen MR) is 12.5 cm³/mol. The van der Waals surface area contributed by atoms with Crippen LogP contribution in [0.1, 0.15) is 0 Å². The van der Waals surface area contributed by atoms with Gasteiger partial charge in [0.05, 0.1) is 0 Å².